The Labute approximate surface area is 131 Å². The van der Waals surface area contributed by atoms with Crippen molar-refractivity contribution in [3.8, 4) is 0 Å². The number of sulfonamides is 1. The van der Waals surface area contributed by atoms with E-state index in [4.69, 9.17) is 0 Å². The van der Waals surface area contributed by atoms with Crippen LogP contribution in [0.1, 0.15) is 12.5 Å². The van der Waals surface area contributed by atoms with Crippen molar-refractivity contribution >= 4 is 22.0 Å². The second kappa shape index (κ2) is 7.04. The van der Waals surface area contributed by atoms with E-state index >= 15 is 0 Å². The Bertz CT molecular complexity index is 653. The number of amides is 1. The predicted octanol–water partition coefficient (Wildman–Crippen LogP) is 0.428. The van der Waals surface area contributed by atoms with Gasteiger partial charge in [0.25, 0.3) is 0 Å². The zero-order valence-electron chi connectivity index (χ0n) is 12.7. The summed E-state index contributed by atoms with van der Waals surface area (Å²) in [7, 11) is -2.06. The minimum absolute atomic E-state index is 0.0269. The lowest BCUT2D eigenvalue weighted by Gasteiger charge is -2.33. The molecule has 0 aromatic heterocycles. The van der Waals surface area contributed by atoms with Gasteiger partial charge in [0.1, 0.15) is 0 Å². The van der Waals surface area contributed by atoms with E-state index in [1.807, 2.05) is 11.8 Å². The first kappa shape index (κ1) is 16.7. The van der Waals surface area contributed by atoms with Crippen LogP contribution in [0.2, 0.25) is 0 Å². The van der Waals surface area contributed by atoms with Gasteiger partial charge in [-0.3, -0.25) is 4.79 Å². The Morgan fingerprint density at radius 3 is 2.64 bits per heavy atom. The molecule has 120 valence electrons. The molecule has 0 radical (unpaired) electrons. The lowest BCUT2D eigenvalue weighted by atomic mass is 10.2. The fourth-order valence-corrected chi connectivity index (χ4v) is 3.04. The second-order valence-corrected chi connectivity index (χ2v) is 7.08. The van der Waals surface area contributed by atoms with Crippen molar-refractivity contribution in [2.75, 3.05) is 26.7 Å². The molecule has 1 fully saturated rings. The highest BCUT2D eigenvalue weighted by Crippen LogP contribution is 2.12. The van der Waals surface area contributed by atoms with E-state index in [1.165, 1.54) is 25.3 Å². The van der Waals surface area contributed by atoms with Crippen LogP contribution in [0.3, 0.4) is 0 Å². The first-order chi connectivity index (χ1) is 10.4. The fraction of sp³-hybridized carbons (Fsp3) is 0.400. The van der Waals surface area contributed by atoms with Crippen molar-refractivity contribution in [1.29, 1.82) is 0 Å². The molecule has 0 saturated carbocycles. The number of carbonyl (C=O) groups excluding carboxylic acids is 1. The number of benzene rings is 1. The van der Waals surface area contributed by atoms with E-state index in [0.717, 1.165) is 18.7 Å². The number of rotatable bonds is 4. The maximum Gasteiger partial charge on any atom is 0.246 e. The SMILES string of the molecule is CNS(=O)(=O)c1ccc(C=CC(=O)N2CCNCC2C)cc1. The molecule has 2 N–H and O–H groups in total. The molecular formula is C15H21N3O3S. The quantitative estimate of drug-likeness (QED) is 0.788. The zero-order valence-corrected chi connectivity index (χ0v) is 13.6. The van der Waals surface area contributed by atoms with Crippen LogP contribution in [0.4, 0.5) is 0 Å². The van der Waals surface area contributed by atoms with Crippen molar-refractivity contribution in [2.24, 2.45) is 0 Å². The van der Waals surface area contributed by atoms with Crippen LogP contribution >= 0.6 is 0 Å². The van der Waals surface area contributed by atoms with E-state index in [1.54, 1.807) is 18.2 Å². The maximum atomic E-state index is 12.2. The molecule has 6 nitrogen and oxygen atoms in total. The van der Waals surface area contributed by atoms with Crippen molar-refractivity contribution in [3.05, 3.63) is 35.9 Å². The maximum absolute atomic E-state index is 12.2. The van der Waals surface area contributed by atoms with Gasteiger partial charge in [0.2, 0.25) is 15.9 Å². The first-order valence-corrected chi connectivity index (χ1v) is 8.65. The van der Waals surface area contributed by atoms with Crippen LogP contribution in [-0.2, 0) is 14.8 Å². The van der Waals surface area contributed by atoms with Gasteiger partial charge in [0.05, 0.1) is 4.90 Å². The normalized spacial score (nSPS) is 19.5. The van der Waals surface area contributed by atoms with Crippen LogP contribution in [0.5, 0.6) is 0 Å². The van der Waals surface area contributed by atoms with Crippen LogP contribution < -0.4 is 10.0 Å². The van der Waals surface area contributed by atoms with Gasteiger partial charge >= 0.3 is 0 Å². The second-order valence-electron chi connectivity index (χ2n) is 5.19. The van der Waals surface area contributed by atoms with E-state index in [2.05, 4.69) is 10.0 Å². The molecule has 0 bridgehead atoms. The largest absolute Gasteiger partial charge is 0.334 e. The number of carbonyl (C=O) groups is 1. The Morgan fingerprint density at radius 1 is 1.36 bits per heavy atom. The standard InChI is InChI=1S/C15H21N3O3S/c1-12-11-17-9-10-18(12)15(19)8-5-13-3-6-14(7-4-13)22(20,21)16-2/h3-8,12,16-17H,9-11H2,1-2H3. The zero-order chi connectivity index (χ0) is 16.2. The molecule has 1 aliphatic rings. The molecule has 1 unspecified atom stereocenters. The molecule has 7 heteroatoms. The monoisotopic (exact) mass is 323 g/mol. The van der Waals surface area contributed by atoms with Crippen LogP contribution in [0.15, 0.2) is 35.2 Å². The highest BCUT2D eigenvalue weighted by Gasteiger charge is 2.20. The number of hydrogen-bond donors (Lipinski definition) is 2. The Kier molecular flexibility index (Phi) is 5.33. The molecular weight excluding hydrogens is 302 g/mol. The van der Waals surface area contributed by atoms with Crippen molar-refractivity contribution in [2.45, 2.75) is 17.9 Å². The summed E-state index contributed by atoms with van der Waals surface area (Å²) >= 11 is 0. The Hall–Kier alpha value is -1.70. The van der Waals surface area contributed by atoms with Gasteiger partial charge in [-0.1, -0.05) is 12.1 Å². The molecule has 2 rings (SSSR count). The van der Waals surface area contributed by atoms with Crippen LogP contribution in [0, 0.1) is 0 Å². The highest BCUT2D eigenvalue weighted by atomic mass is 32.2. The number of nitrogens with one attached hydrogen (secondary N) is 2. The lowest BCUT2D eigenvalue weighted by Crippen LogP contribution is -2.51. The molecule has 1 saturated heterocycles. The smallest absolute Gasteiger partial charge is 0.246 e. The van der Waals surface area contributed by atoms with Crippen molar-refractivity contribution in [1.82, 2.24) is 14.9 Å². The Morgan fingerprint density at radius 2 is 2.05 bits per heavy atom. The number of nitrogens with zero attached hydrogens (tertiary/aromatic N) is 1. The predicted molar refractivity (Wildman–Crippen MR) is 85.8 cm³/mol. The van der Waals surface area contributed by atoms with Gasteiger partial charge in [-0.25, -0.2) is 13.1 Å². The highest BCUT2D eigenvalue weighted by molar-refractivity contribution is 7.89. The molecule has 1 heterocycles. The van der Waals surface area contributed by atoms with Gasteiger partial charge in [-0.05, 0) is 37.7 Å². The minimum Gasteiger partial charge on any atom is -0.334 e. The summed E-state index contributed by atoms with van der Waals surface area (Å²) < 4.78 is 25.5. The summed E-state index contributed by atoms with van der Waals surface area (Å²) in [5, 5.41) is 3.24. The molecule has 1 aliphatic heterocycles. The van der Waals surface area contributed by atoms with Crippen molar-refractivity contribution in [3.63, 3.8) is 0 Å². The number of hydrogen-bond acceptors (Lipinski definition) is 4. The minimum atomic E-state index is -3.43. The number of piperazine rings is 1. The summed E-state index contributed by atoms with van der Waals surface area (Å²) in [5.41, 5.74) is 0.784. The summed E-state index contributed by atoms with van der Waals surface area (Å²) in [5.74, 6) is -0.0269. The van der Waals surface area contributed by atoms with E-state index in [0.29, 0.717) is 6.54 Å². The molecule has 1 amide bonds. The van der Waals surface area contributed by atoms with Crippen LogP contribution in [0.25, 0.3) is 6.08 Å². The summed E-state index contributed by atoms with van der Waals surface area (Å²) in [6.07, 6.45) is 3.23. The van der Waals surface area contributed by atoms with Gasteiger partial charge in [0, 0.05) is 31.8 Å². The van der Waals surface area contributed by atoms with Gasteiger partial charge < -0.3 is 10.2 Å². The third-order valence-electron chi connectivity index (χ3n) is 3.66. The van der Waals surface area contributed by atoms with Gasteiger partial charge in [0.15, 0.2) is 0 Å². The summed E-state index contributed by atoms with van der Waals surface area (Å²) in [4.78, 5) is 14.2. The Balaban J connectivity index is 2.05. The van der Waals surface area contributed by atoms with E-state index in [-0.39, 0.29) is 16.8 Å². The topological polar surface area (TPSA) is 78.5 Å². The van der Waals surface area contributed by atoms with E-state index in [9.17, 15) is 13.2 Å². The van der Waals surface area contributed by atoms with E-state index < -0.39 is 10.0 Å². The third-order valence-corrected chi connectivity index (χ3v) is 5.09. The fourth-order valence-electron chi connectivity index (χ4n) is 2.31. The molecule has 0 spiro atoms. The van der Waals surface area contributed by atoms with Crippen molar-refractivity contribution < 1.29 is 13.2 Å². The first-order valence-electron chi connectivity index (χ1n) is 7.17. The average Bonchev–Trinajstić information content (AvgIpc) is 2.53. The lowest BCUT2D eigenvalue weighted by molar-refractivity contribution is -0.128. The molecule has 1 aromatic rings. The molecule has 22 heavy (non-hydrogen) atoms. The molecule has 1 atom stereocenters. The van der Waals surface area contributed by atoms with Gasteiger partial charge in [-0.2, -0.15) is 0 Å². The third kappa shape index (κ3) is 3.94. The van der Waals surface area contributed by atoms with Gasteiger partial charge in [-0.15, -0.1) is 0 Å². The molecule has 0 aliphatic carbocycles. The molecule has 1 aromatic carbocycles. The van der Waals surface area contributed by atoms with Crippen LogP contribution in [-0.4, -0.2) is 51.9 Å². The summed E-state index contributed by atoms with van der Waals surface area (Å²) in [6.45, 7) is 4.32. The summed E-state index contributed by atoms with van der Waals surface area (Å²) in [6, 6.07) is 6.56. The average molecular weight is 323 g/mol.